The molecule has 2 atom stereocenters. The summed E-state index contributed by atoms with van der Waals surface area (Å²) in [6, 6.07) is 2.90. The first-order valence-electron chi connectivity index (χ1n) is 6.53. The van der Waals surface area contributed by atoms with E-state index in [0.717, 1.165) is 5.82 Å². The average molecular weight is 341 g/mol. The molecule has 19 heavy (non-hydrogen) atoms. The largest absolute Gasteiger partial charge is 0.319 e. The second-order valence-corrected chi connectivity index (χ2v) is 7.58. The van der Waals surface area contributed by atoms with E-state index in [2.05, 4.69) is 44.4 Å². The zero-order chi connectivity index (χ0) is 13.4. The van der Waals surface area contributed by atoms with Gasteiger partial charge in [0.2, 0.25) is 0 Å². The van der Waals surface area contributed by atoms with E-state index >= 15 is 0 Å². The molecule has 2 aromatic heterocycles. The molecule has 0 bridgehead atoms. The predicted molar refractivity (Wildman–Crippen MR) is 80.3 cm³/mol. The lowest BCUT2D eigenvalue weighted by Crippen LogP contribution is -2.28. The monoisotopic (exact) mass is 340 g/mol. The molecular weight excluding hydrogens is 324 g/mol. The summed E-state index contributed by atoms with van der Waals surface area (Å²) in [5, 5.41) is 11.8. The minimum Gasteiger partial charge on any atom is -0.319 e. The third-order valence-electron chi connectivity index (χ3n) is 3.67. The topological polar surface area (TPSA) is 42.7 Å². The summed E-state index contributed by atoms with van der Waals surface area (Å²) >= 11 is 5.47. The number of thiophene rings is 1. The Morgan fingerprint density at radius 3 is 3.16 bits per heavy atom. The maximum atomic E-state index is 4.19. The van der Waals surface area contributed by atoms with Gasteiger partial charge in [-0.05, 0) is 53.7 Å². The van der Waals surface area contributed by atoms with Gasteiger partial charge in [-0.2, -0.15) is 0 Å². The zero-order valence-electron chi connectivity index (χ0n) is 11.1. The summed E-state index contributed by atoms with van der Waals surface area (Å²) in [7, 11) is 1.99. The Balaban J connectivity index is 1.79. The third kappa shape index (κ3) is 2.61. The molecule has 0 aromatic carbocycles. The molecule has 3 rings (SSSR count). The zero-order valence-corrected chi connectivity index (χ0v) is 13.5. The van der Waals surface area contributed by atoms with Gasteiger partial charge in [-0.25, -0.2) is 0 Å². The molecule has 0 aliphatic heterocycles. The van der Waals surface area contributed by atoms with Gasteiger partial charge in [0.15, 0.2) is 0 Å². The molecule has 6 heteroatoms. The molecule has 1 aliphatic rings. The summed E-state index contributed by atoms with van der Waals surface area (Å²) in [5.74, 6) is 0.987. The van der Waals surface area contributed by atoms with Gasteiger partial charge in [0, 0.05) is 18.0 Å². The number of rotatable bonds is 3. The van der Waals surface area contributed by atoms with Crippen molar-refractivity contribution in [1.82, 2.24) is 20.1 Å². The Morgan fingerprint density at radius 2 is 2.42 bits per heavy atom. The van der Waals surface area contributed by atoms with E-state index in [9.17, 15) is 0 Å². The van der Waals surface area contributed by atoms with Crippen LogP contribution in [0, 0.1) is 0 Å². The van der Waals surface area contributed by atoms with Crippen LogP contribution >= 0.6 is 27.3 Å². The van der Waals surface area contributed by atoms with Gasteiger partial charge in [-0.15, -0.1) is 21.5 Å². The molecule has 0 saturated heterocycles. The molecule has 1 N–H and O–H groups in total. The fourth-order valence-electron chi connectivity index (χ4n) is 2.75. The minimum absolute atomic E-state index is 0.210. The second kappa shape index (κ2) is 5.34. The Hall–Kier alpha value is -0.720. The smallest absolute Gasteiger partial charge is 0.149 e. The van der Waals surface area contributed by atoms with Gasteiger partial charge in [0.05, 0.1) is 9.83 Å². The molecule has 0 amide bonds. The standard InChI is InChI=1S/C13H17BrN4S/c1-8(13-17-15-7-18(13)2)16-10-4-3-5-11-9(10)6-12(14)19-11/h6-8,10,16H,3-5H2,1-2H3. The Kier molecular flexibility index (Phi) is 3.73. The van der Waals surface area contributed by atoms with Crippen LogP contribution in [0.15, 0.2) is 16.2 Å². The summed E-state index contributed by atoms with van der Waals surface area (Å²) in [4.78, 5) is 1.51. The fraction of sp³-hybridized carbons (Fsp3) is 0.538. The van der Waals surface area contributed by atoms with E-state index in [0.29, 0.717) is 6.04 Å². The van der Waals surface area contributed by atoms with Crippen molar-refractivity contribution in [2.24, 2.45) is 7.05 Å². The second-order valence-electron chi connectivity index (χ2n) is 5.06. The highest BCUT2D eigenvalue weighted by atomic mass is 79.9. The fourth-order valence-corrected chi connectivity index (χ4v) is 4.57. The van der Waals surface area contributed by atoms with E-state index in [1.54, 1.807) is 6.33 Å². The van der Waals surface area contributed by atoms with Gasteiger partial charge in [-0.1, -0.05) is 0 Å². The Labute approximate surface area is 125 Å². The number of halogens is 1. The van der Waals surface area contributed by atoms with Crippen molar-refractivity contribution in [3.63, 3.8) is 0 Å². The van der Waals surface area contributed by atoms with Crippen molar-refractivity contribution < 1.29 is 0 Å². The maximum absolute atomic E-state index is 4.19. The normalized spacial score (nSPS) is 20.3. The molecule has 4 nitrogen and oxygen atoms in total. The van der Waals surface area contributed by atoms with Gasteiger partial charge < -0.3 is 9.88 Å². The molecule has 2 aromatic rings. The number of nitrogens with zero attached hydrogens (tertiary/aromatic N) is 3. The molecule has 0 spiro atoms. The van der Waals surface area contributed by atoms with Crippen LogP contribution in [0.1, 0.15) is 48.1 Å². The van der Waals surface area contributed by atoms with Gasteiger partial charge in [0.25, 0.3) is 0 Å². The van der Waals surface area contributed by atoms with E-state index < -0.39 is 0 Å². The third-order valence-corrected chi connectivity index (χ3v) is 5.38. The van der Waals surface area contributed by atoms with Crippen molar-refractivity contribution >= 4 is 27.3 Å². The van der Waals surface area contributed by atoms with Crippen LogP contribution in [0.25, 0.3) is 0 Å². The summed E-state index contributed by atoms with van der Waals surface area (Å²) in [5.41, 5.74) is 1.46. The molecule has 2 unspecified atom stereocenters. The highest BCUT2D eigenvalue weighted by molar-refractivity contribution is 9.11. The Morgan fingerprint density at radius 1 is 1.58 bits per heavy atom. The van der Waals surface area contributed by atoms with E-state index in [4.69, 9.17) is 0 Å². The van der Waals surface area contributed by atoms with Crippen LogP contribution in [0.5, 0.6) is 0 Å². The van der Waals surface area contributed by atoms with E-state index in [-0.39, 0.29) is 6.04 Å². The maximum Gasteiger partial charge on any atom is 0.149 e. The average Bonchev–Trinajstić information content (AvgIpc) is 2.94. The van der Waals surface area contributed by atoms with Crippen molar-refractivity contribution in [2.75, 3.05) is 0 Å². The first-order chi connectivity index (χ1) is 9.15. The molecular formula is C13H17BrN4S. The highest BCUT2D eigenvalue weighted by Crippen LogP contribution is 2.38. The van der Waals surface area contributed by atoms with Crippen molar-refractivity contribution in [3.05, 3.63) is 32.4 Å². The van der Waals surface area contributed by atoms with Crippen molar-refractivity contribution in [2.45, 2.75) is 38.3 Å². The highest BCUT2D eigenvalue weighted by Gasteiger charge is 2.25. The lowest BCUT2D eigenvalue weighted by atomic mass is 9.93. The summed E-state index contributed by atoms with van der Waals surface area (Å²) in [6.45, 7) is 2.15. The van der Waals surface area contributed by atoms with E-state index in [1.165, 1.54) is 33.5 Å². The van der Waals surface area contributed by atoms with Crippen LogP contribution in [0.2, 0.25) is 0 Å². The number of nitrogens with one attached hydrogen (secondary N) is 1. The van der Waals surface area contributed by atoms with Gasteiger partial charge in [-0.3, -0.25) is 0 Å². The number of aryl methyl sites for hydroxylation is 2. The van der Waals surface area contributed by atoms with Crippen LogP contribution in [0.3, 0.4) is 0 Å². The SMILES string of the molecule is CC(NC1CCCc2sc(Br)cc21)c1nncn1C. The Bertz CT molecular complexity index is 577. The van der Waals surface area contributed by atoms with Crippen LogP contribution in [-0.4, -0.2) is 14.8 Å². The number of aromatic nitrogens is 3. The molecule has 0 fully saturated rings. The molecule has 1 aliphatic carbocycles. The van der Waals surface area contributed by atoms with Crippen molar-refractivity contribution in [3.8, 4) is 0 Å². The lowest BCUT2D eigenvalue weighted by Gasteiger charge is -2.26. The first-order valence-corrected chi connectivity index (χ1v) is 8.14. The van der Waals surface area contributed by atoms with Crippen LogP contribution < -0.4 is 5.32 Å². The molecule has 102 valence electrons. The van der Waals surface area contributed by atoms with Crippen molar-refractivity contribution in [1.29, 1.82) is 0 Å². The quantitative estimate of drug-likeness (QED) is 0.931. The number of hydrogen-bond donors (Lipinski definition) is 1. The minimum atomic E-state index is 0.210. The molecule has 0 radical (unpaired) electrons. The first kappa shape index (κ1) is 13.3. The van der Waals surface area contributed by atoms with Gasteiger partial charge >= 0.3 is 0 Å². The van der Waals surface area contributed by atoms with Crippen LogP contribution in [-0.2, 0) is 13.5 Å². The van der Waals surface area contributed by atoms with E-state index in [1.807, 2.05) is 23.0 Å². The molecule has 0 saturated carbocycles. The molecule has 2 heterocycles. The predicted octanol–water partition coefficient (Wildman–Crippen LogP) is 3.37. The lowest BCUT2D eigenvalue weighted by molar-refractivity contribution is 0.403. The number of hydrogen-bond acceptors (Lipinski definition) is 4. The number of fused-ring (bicyclic) bond motifs is 1. The van der Waals surface area contributed by atoms with Crippen LogP contribution in [0.4, 0.5) is 0 Å². The van der Waals surface area contributed by atoms with Gasteiger partial charge in [0.1, 0.15) is 12.2 Å². The summed E-state index contributed by atoms with van der Waals surface area (Å²) in [6.07, 6.45) is 5.41. The summed E-state index contributed by atoms with van der Waals surface area (Å²) < 4.78 is 3.21.